The number of anilines is 6. The maximum Gasteiger partial charge on any atom is 0.407 e. The summed E-state index contributed by atoms with van der Waals surface area (Å²) in [7, 11) is 0. The van der Waals surface area contributed by atoms with Gasteiger partial charge in [0.15, 0.2) is 34.9 Å². The summed E-state index contributed by atoms with van der Waals surface area (Å²) in [6, 6.07) is 24.0. The monoisotopic (exact) mass is 888 g/mol. The summed E-state index contributed by atoms with van der Waals surface area (Å²) in [6.07, 6.45) is 2.87. The first-order chi connectivity index (χ1) is 30.7. The normalized spacial score (nSPS) is 13.7. The van der Waals surface area contributed by atoms with Gasteiger partial charge in [0.2, 0.25) is 0 Å². The van der Waals surface area contributed by atoms with Crippen molar-refractivity contribution in [3.63, 3.8) is 0 Å². The molecule has 16 nitrogen and oxygen atoms in total. The molecule has 0 saturated heterocycles. The van der Waals surface area contributed by atoms with Gasteiger partial charge in [-0.3, -0.25) is 9.97 Å². The minimum absolute atomic E-state index is 0.0377. The molecule has 1 amide bonds. The highest BCUT2D eigenvalue weighted by molar-refractivity contribution is 5.84. The summed E-state index contributed by atoms with van der Waals surface area (Å²) in [5.41, 5.74) is 19.1. The van der Waals surface area contributed by atoms with E-state index in [-0.39, 0.29) is 70.6 Å². The third-order valence-corrected chi connectivity index (χ3v) is 9.77. The Kier molecular flexibility index (Phi) is 17.8. The number of ether oxygens (including phenoxy) is 1. The van der Waals surface area contributed by atoms with Crippen molar-refractivity contribution in [3.05, 3.63) is 108 Å². The number of aromatic nitrogens is 4. The first-order valence-corrected chi connectivity index (χ1v) is 20.9. The van der Waals surface area contributed by atoms with Crippen molar-refractivity contribution in [1.29, 1.82) is 10.5 Å². The van der Waals surface area contributed by atoms with Crippen LogP contribution in [0.2, 0.25) is 0 Å². The molecule has 2 aromatic carbocycles. The van der Waals surface area contributed by atoms with Gasteiger partial charge in [0, 0.05) is 70.8 Å². The standard InChI is InChI=1S/C24H27FN6O2.C19H19FN6.C4H12N2/c1-14(15(2)29-23(32)33-24(3,4)5)28-22-19(25)12-17(13-26)21(31-22)30-18-8-9-20-16(11-18)7-6-10-27-20;1-11(22)12(2)24-19-16(20)9-14(10-21)18(26-19)25-15-5-6-17-13(8-15)4-3-7-23-17;1-3(5)4(2)6/h6-12,14-15H,1-5H3,(H,29,32)(H2,28,30,31);3-9,11-12H,22H2,1-2H3,(H2,24,25,26);3-4H,5-6H2,1-2H3/t14-,15+;11-,12+;3-,4+/m10./s1. The number of nitrogens with one attached hydrogen (secondary N) is 5. The van der Waals surface area contributed by atoms with E-state index in [1.165, 1.54) is 0 Å². The summed E-state index contributed by atoms with van der Waals surface area (Å²) in [5.74, 6) is -0.761. The second-order valence-electron chi connectivity index (χ2n) is 16.6. The van der Waals surface area contributed by atoms with Crippen molar-refractivity contribution in [2.24, 2.45) is 17.2 Å². The lowest BCUT2D eigenvalue weighted by atomic mass is 10.1. The third-order valence-electron chi connectivity index (χ3n) is 9.77. The number of nitriles is 2. The van der Waals surface area contributed by atoms with Gasteiger partial charge < -0.3 is 48.5 Å². The highest BCUT2D eigenvalue weighted by Gasteiger charge is 2.22. The maximum absolute atomic E-state index is 14.6. The molecule has 18 heteroatoms. The molecule has 0 saturated carbocycles. The van der Waals surface area contributed by atoms with Crippen LogP contribution in [-0.2, 0) is 4.74 Å². The number of alkyl carbamates (subject to hydrolysis) is 1. The van der Waals surface area contributed by atoms with Gasteiger partial charge in [0.25, 0.3) is 0 Å². The Balaban J connectivity index is 0.000000258. The maximum atomic E-state index is 14.6. The molecule has 0 fully saturated rings. The molecule has 4 heterocycles. The van der Waals surface area contributed by atoms with Gasteiger partial charge >= 0.3 is 6.09 Å². The van der Waals surface area contributed by atoms with Crippen LogP contribution in [0.3, 0.4) is 0 Å². The van der Waals surface area contributed by atoms with E-state index in [0.29, 0.717) is 5.69 Å². The number of carbonyl (C=O) groups is 1. The van der Waals surface area contributed by atoms with Crippen LogP contribution in [0, 0.1) is 34.3 Å². The van der Waals surface area contributed by atoms with E-state index in [1.807, 2.05) is 100 Å². The summed E-state index contributed by atoms with van der Waals surface area (Å²) in [6.45, 7) is 16.3. The van der Waals surface area contributed by atoms with Crippen LogP contribution in [0.4, 0.5) is 48.2 Å². The molecule has 65 heavy (non-hydrogen) atoms. The number of benzene rings is 2. The Morgan fingerprint density at radius 2 is 1.06 bits per heavy atom. The van der Waals surface area contributed by atoms with Crippen molar-refractivity contribution in [2.75, 3.05) is 21.3 Å². The Morgan fingerprint density at radius 3 is 1.45 bits per heavy atom. The molecule has 0 spiro atoms. The van der Waals surface area contributed by atoms with E-state index in [1.54, 1.807) is 47.0 Å². The molecule has 0 radical (unpaired) electrons. The van der Waals surface area contributed by atoms with Crippen LogP contribution in [0.5, 0.6) is 0 Å². The fourth-order valence-corrected chi connectivity index (χ4v) is 5.43. The van der Waals surface area contributed by atoms with Gasteiger partial charge in [-0.05, 0) is 123 Å². The van der Waals surface area contributed by atoms with Crippen LogP contribution in [0.15, 0.2) is 85.2 Å². The number of carbonyl (C=O) groups excluding carboxylic acids is 1. The average Bonchev–Trinajstić information content (AvgIpc) is 3.25. The molecule has 6 atom stereocenters. The first-order valence-electron chi connectivity index (χ1n) is 20.9. The average molecular weight is 889 g/mol. The number of nitrogens with zero attached hydrogens (tertiary/aromatic N) is 6. The minimum Gasteiger partial charge on any atom is -0.444 e. The second-order valence-corrected chi connectivity index (χ2v) is 16.6. The van der Waals surface area contributed by atoms with Crippen molar-refractivity contribution in [1.82, 2.24) is 25.3 Å². The van der Waals surface area contributed by atoms with E-state index in [2.05, 4.69) is 46.5 Å². The fraction of sp³-hybridized carbons (Fsp3) is 0.340. The third kappa shape index (κ3) is 15.2. The number of amides is 1. The van der Waals surface area contributed by atoms with E-state index >= 15 is 0 Å². The van der Waals surface area contributed by atoms with E-state index in [0.717, 1.165) is 39.6 Å². The van der Waals surface area contributed by atoms with Crippen LogP contribution in [0.1, 0.15) is 73.4 Å². The number of pyridine rings is 4. The lowest BCUT2D eigenvalue weighted by molar-refractivity contribution is 0.0504. The highest BCUT2D eigenvalue weighted by atomic mass is 19.1. The summed E-state index contributed by atoms with van der Waals surface area (Å²) in [5, 5.41) is 35.4. The molecule has 11 N–H and O–H groups in total. The summed E-state index contributed by atoms with van der Waals surface area (Å²) < 4.78 is 34.1. The quantitative estimate of drug-likeness (QED) is 0.0574. The summed E-state index contributed by atoms with van der Waals surface area (Å²) in [4.78, 5) is 29.1. The lowest BCUT2D eigenvalue weighted by Gasteiger charge is -2.26. The molecule has 0 bridgehead atoms. The van der Waals surface area contributed by atoms with Gasteiger partial charge in [0.1, 0.15) is 17.7 Å². The van der Waals surface area contributed by atoms with Gasteiger partial charge in [-0.15, -0.1) is 0 Å². The largest absolute Gasteiger partial charge is 0.444 e. The fourth-order valence-electron chi connectivity index (χ4n) is 5.43. The number of rotatable bonds is 12. The molecule has 6 rings (SSSR count). The zero-order chi connectivity index (χ0) is 48.0. The Morgan fingerprint density at radius 1 is 0.631 bits per heavy atom. The minimum atomic E-state index is -0.670. The Labute approximate surface area is 378 Å². The van der Waals surface area contributed by atoms with Crippen LogP contribution in [-0.4, -0.2) is 67.9 Å². The SMILES string of the molecule is C[C@H](N)[C@@H](C)N.C[C@H](N)[C@@H](C)Nc1nc(Nc2ccc3ncccc3c2)c(C#N)cc1F.C[C@H](NC(=O)OC(C)(C)C)[C@@H](C)Nc1nc(Nc2ccc3ncccc3c2)c(C#N)cc1F. The van der Waals surface area contributed by atoms with E-state index < -0.39 is 23.3 Å². The molecule has 0 unspecified atom stereocenters. The predicted octanol–water partition coefficient (Wildman–Crippen LogP) is 8.31. The second kappa shape index (κ2) is 22.9. The Bertz CT molecular complexity index is 2630. The molecule has 0 aliphatic carbocycles. The molecule has 6 aromatic rings. The number of halogens is 2. The molecule has 342 valence electrons. The number of nitrogens with two attached hydrogens (primary N) is 3. The van der Waals surface area contributed by atoms with E-state index in [4.69, 9.17) is 21.9 Å². The van der Waals surface area contributed by atoms with Crippen molar-refractivity contribution in [2.45, 2.75) is 104 Å². The van der Waals surface area contributed by atoms with Crippen LogP contribution < -0.4 is 43.8 Å². The lowest BCUT2D eigenvalue weighted by Crippen LogP contribution is -2.45. The smallest absolute Gasteiger partial charge is 0.407 e. The van der Waals surface area contributed by atoms with Gasteiger partial charge in [-0.1, -0.05) is 12.1 Å². The number of fused-ring (bicyclic) bond motifs is 2. The summed E-state index contributed by atoms with van der Waals surface area (Å²) >= 11 is 0. The van der Waals surface area contributed by atoms with Gasteiger partial charge in [-0.2, -0.15) is 10.5 Å². The van der Waals surface area contributed by atoms with E-state index in [9.17, 15) is 24.1 Å². The van der Waals surface area contributed by atoms with Crippen LogP contribution >= 0.6 is 0 Å². The predicted molar refractivity (Wildman–Crippen MR) is 254 cm³/mol. The highest BCUT2D eigenvalue weighted by Crippen LogP contribution is 2.28. The van der Waals surface area contributed by atoms with Gasteiger partial charge in [0.05, 0.1) is 22.2 Å². The molecule has 0 aliphatic heterocycles. The van der Waals surface area contributed by atoms with Gasteiger partial charge in [-0.25, -0.2) is 23.5 Å². The Hall–Kier alpha value is -7.25. The number of hydrogen-bond donors (Lipinski definition) is 8. The molecule has 4 aromatic heterocycles. The van der Waals surface area contributed by atoms with Crippen molar-refractivity contribution >= 4 is 62.5 Å². The molecule has 0 aliphatic rings. The van der Waals surface area contributed by atoms with Crippen molar-refractivity contribution in [3.8, 4) is 12.1 Å². The topological polar surface area (TPSA) is 264 Å². The van der Waals surface area contributed by atoms with Crippen molar-refractivity contribution < 1.29 is 18.3 Å². The number of hydrogen-bond acceptors (Lipinski definition) is 15. The zero-order valence-electron chi connectivity index (χ0n) is 38.0. The molecular weight excluding hydrogens is 831 g/mol. The zero-order valence-corrected chi connectivity index (χ0v) is 38.0. The molecular formula is C47H58F2N14O2. The first kappa shape index (κ1) is 50.4. The van der Waals surface area contributed by atoms with Crippen LogP contribution in [0.25, 0.3) is 21.8 Å².